The quantitative estimate of drug-likeness (QED) is 0.450. The predicted molar refractivity (Wildman–Crippen MR) is 76.3 cm³/mol. The Labute approximate surface area is 128 Å². The minimum atomic E-state index is -1.82. The maximum atomic E-state index is 12.2. The molecule has 0 N–H and O–H groups in total. The van der Waals surface area contributed by atoms with E-state index in [-0.39, 0.29) is 25.4 Å². The third kappa shape index (κ3) is 2.87. The van der Waals surface area contributed by atoms with Crippen LogP contribution in [-0.4, -0.2) is 42.6 Å². The molecule has 1 fully saturated rings. The highest BCUT2D eigenvalue weighted by atomic mass is 16.6. The van der Waals surface area contributed by atoms with E-state index in [1.165, 1.54) is 0 Å². The number of carbonyl (C=O) groups excluding carboxylic acids is 3. The average molecular weight is 306 g/mol. The Balaban J connectivity index is 2.12. The van der Waals surface area contributed by atoms with Crippen molar-refractivity contribution in [2.45, 2.75) is 32.0 Å². The van der Waals surface area contributed by atoms with Crippen LogP contribution < -0.4 is 0 Å². The van der Waals surface area contributed by atoms with E-state index in [0.717, 1.165) is 0 Å². The number of rotatable bonds is 6. The van der Waals surface area contributed by atoms with Gasteiger partial charge >= 0.3 is 11.9 Å². The fourth-order valence-electron chi connectivity index (χ4n) is 2.27. The lowest BCUT2D eigenvalue weighted by Gasteiger charge is -2.42. The highest BCUT2D eigenvalue weighted by molar-refractivity contribution is 6.08. The minimum absolute atomic E-state index is 0.0710. The average Bonchev–Trinajstić information content (AvgIpc) is 2.47. The van der Waals surface area contributed by atoms with Gasteiger partial charge in [-0.25, -0.2) is 9.59 Å². The monoisotopic (exact) mass is 306 g/mol. The highest BCUT2D eigenvalue weighted by Crippen LogP contribution is 2.37. The Morgan fingerprint density at radius 3 is 2.05 bits per heavy atom. The Morgan fingerprint density at radius 1 is 1.09 bits per heavy atom. The van der Waals surface area contributed by atoms with E-state index in [0.29, 0.717) is 5.56 Å². The molecule has 0 bridgehead atoms. The van der Waals surface area contributed by atoms with Crippen molar-refractivity contribution in [3.63, 3.8) is 0 Å². The van der Waals surface area contributed by atoms with E-state index in [2.05, 4.69) is 0 Å². The van der Waals surface area contributed by atoms with Gasteiger partial charge < -0.3 is 14.2 Å². The Bertz CT molecular complexity index is 539. The Kier molecular flexibility index (Phi) is 4.92. The standard InChI is InChI=1S/C16H18O6/c1-3-20-14(18)16(15(19)21-4-2)10-12(22-16)13(17)11-8-6-5-7-9-11/h5-9,12H,3-4,10H2,1-2H3. The van der Waals surface area contributed by atoms with E-state index >= 15 is 0 Å². The molecule has 2 rings (SSSR count). The van der Waals surface area contributed by atoms with Gasteiger partial charge in [-0.1, -0.05) is 30.3 Å². The van der Waals surface area contributed by atoms with Crippen LogP contribution in [-0.2, 0) is 23.8 Å². The molecule has 1 aliphatic heterocycles. The molecule has 1 heterocycles. The molecule has 6 heteroatoms. The van der Waals surface area contributed by atoms with E-state index in [9.17, 15) is 14.4 Å². The zero-order chi connectivity index (χ0) is 16.2. The lowest BCUT2D eigenvalue weighted by molar-refractivity contribution is -0.226. The van der Waals surface area contributed by atoms with Crippen molar-refractivity contribution < 1.29 is 28.6 Å². The van der Waals surface area contributed by atoms with E-state index in [4.69, 9.17) is 14.2 Å². The number of benzene rings is 1. The molecule has 0 aliphatic carbocycles. The van der Waals surface area contributed by atoms with Gasteiger partial charge in [0.2, 0.25) is 0 Å². The highest BCUT2D eigenvalue weighted by Gasteiger charge is 2.62. The number of carbonyl (C=O) groups is 3. The first-order chi connectivity index (χ1) is 10.5. The lowest BCUT2D eigenvalue weighted by Crippen LogP contribution is -2.64. The van der Waals surface area contributed by atoms with Crippen molar-refractivity contribution in [1.82, 2.24) is 0 Å². The van der Waals surface area contributed by atoms with Crippen molar-refractivity contribution in [2.75, 3.05) is 13.2 Å². The molecule has 1 atom stereocenters. The number of hydrogen-bond acceptors (Lipinski definition) is 6. The topological polar surface area (TPSA) is 78.9 Å². The molecule has 0 radical (unpaired) electrons. The van der Waals surface area contributed by atoms with Crippen molar-refractivity contribution in [2.24, 2.45) is 0 Å². The van der Waals surface area contributed by atoms with E-state index in [1.54, 1.807) is 44.2 Å². The van der Waals surface area contributed by atoms with Gasteiger partial charge in [0.15, 0.2) is 5.78 Å². The number of ketones is 1. The molecule has 22 heavy (non-hydrogen) atoms. The molecule has 0 aromatic heterocycles. The second kappa shape index (κ2) is 6.70. The molecule has 0 spiro atoms. The van der Waals surface area contributed by atoms with Gasteiger partial charge in [-0.15, -0.1) is 0 Å². The summed E-state index contributed by atoms with van der Waals surface area (Å²) < 4.78 is 15.1. The molecule has 0 amide bonds. The van der Waals surface area contributed by atoms with Crippen LogP contribution in [0.1, 0.15) is 30.6 Å². The second-order valence-corrected chi connectivity index (χ2v) is 4.81. The van der Waals surface area contributed by atoms with Crippen LogP contribution >= 0.6 is 0 Å². The second-order valence-electron chi connectivity index (χ2n) is 4.81. The zero-order valence-corrected chi connectivity index (χ0v) is 12.5. The molecule has 1 saturated heterocycles. The number of esters is 2. The summed E-state index contributed by atoms with van der Waals surface area (Å²) in [6, 6.07) is 8.56. The summed E-state index contributed by atoms with van der Waals surface area (Å²) in [6.07, 6.45) is -0.922. The summed E-state index contributed by atoms with van der Waals surface area (Å²) in [7, 11) is 0. The maximum Gasteiger partial charge on any atom is 0.350 e. The first kappa shape index (κ1) is 16.2. The van der Waals surface area contributed by atoms with Crippen LogP contribution in [0.3, 0.4) is 0 Å². The summed E-state index contributed by atoms with van der Waals surface area (Å²) >= 11 is 0. The number of ether oxygens (including phenoxy) is 3. The van der Waals surface area contributed by atoms with Crippen LogP contribution in [0.15, 0.2) is 30.3 Å². The SMILES string of the molecule is CCOC(=O)C1(C(=O)OCC)CC(C(=O)c2ccccc2)O1. The van der Waals surface area contributed by atoms with Gasteiger partial charge in [0.25, 0.3) is 5.60 Å². The summed E-state index contributed by atoms with van der Waals surface area (Å²) in [4.78, 5) is 36.3. The van der Waals surface area contributed by atoms with Gasteiger partial charge in [0.1, 0.15) is 6.10 Å². The lowest BCUT2D eigenvalue weighted by atomic mass is 9.85. The normalized spacial score (nSPS) is 18.9. The number of Topliss-reactive ketones (excluding diaryl/α,β-unsaturated/α-hetero) is 1. The van der Waals surface area contributed by atoms with Crippen molar-refractivity contribution >= 4 is 17.7 Å². The molecule has 1 aromatic carbocycles. The van der Waals surface area contributed by atoms with Gasteiger partial charge in [0.05, 0.1) is 13.2 Å². The smallest absolute Gasteiger partial charge is 0.350 e. The first-order valence-electron chi connectivity index (χ1n) is 7.16. The molecule has 6 nitrogen and oxygen atoms in total. The van der Waals surface area contributed by atoms with Crippen LogP contribution in [0, 0.1) is 0 Å². The van der Waals surface area contributed by atoms with Crippen molar-refractivity contribution in [1.29, 1.82) is 0 Å². The predicted octanol–water partition coefficient (Wildman–Crippen LogP) is 1.52. The maximum absolute atomic E-state index is 12.2. The van der Waals surface area contributed by atoms with Gasteiger partial charge in [-0.05, 0) is 13.8 Å². The van der Waals surface area contributed by atoms with E-state index < -0.39 is 23.6 Å². The van der Waals surface area contributed by atoms with E-state index in [1.807, 2.05) is 0 Å². The molecule has 1 unspecified atom stereocenters. The largest absolute Gasteiger partial charge is 0.463 e. The summed E-state index contributed by atoms with van der Waals surface area (Å²) in [6.45, 7) is 3.48. The van der Waals surface area contributed by atoms with Gasteiger partial charge in [-0.3, -0.25) is 4.79 Å². The molecule has 118 valence electrons. The zero-order valence-electron chi connectivity index (χ0n) is 12.5. The molecular formula is C16H18O6. The minimum Gasteiger partial charge on any atom is -0.463 e. The molecule has 1 aliphatic rings. The van der Waals surface area contributed by atoms with Gasteiger partial charge in [-0.2, -0.15) is 0 Å². The van der Waals surface area contributed by atoms with Crippen molar-refractivity contribution in [3.8, 4) is 0 Å². The number of hydrogen-bond donors (Lipinski definition) is 0. The Hall–Kier alpha value is -2.21. The molecule has 0 saturated carbocycles. The third-order valence-electron chi connectivity index (χ3n) is 3.38. The Morgan fingerprint density at radius 2 is 1.59 bits per heavy atom. The molecule has 1 aromatic rings. The summed E-state index contributed by atoms with van der Waals surface area (Å²) in [5.41, 5.74) is -1.35. The third-order valence-corrected chi connectivity index (χ3v) is 3.38. The first-order valence-corrected chi connectivity index (χ1v) is 7.16. The summed E-state index contributed by atoms with van der Waals surface area (Å²) in [5.74, 6) is -1.90. The fourth-order valence-corrected chi connectivity index (χ4v) is 2.27. The van der Waals surface area contributed by atoms with Crippen LogP contribution in [0.4, 0.5) is 0 Å². The van der Waals surface area contributed by atoms with Gasteiger partial charge in [0, 0.05) is 12.0 Å². The van der Waals surface area contributed by atoms with Crippen LogP contribution in [0.25, 0.3) is 0 Å². The van der Waals surface area contributed by atoms with Crippen LogP contribution in [0.2, 0.25) is 0 Å². The summed E-state index contributed by atoms with van der Waals surface area (Å²) in [5, 5.41) is 0. The van der Waals surface area contributed by atoms with Crippen LogP contribution in [0.5, 0.6) is 0 Å². The fraction of sp³-hybridized carbons (Fsp3) is 0.438. The van der Waals surface area contributed by atoms with Crippen molar-refractivity contribution in [3.05, 3.63) is 35.9 Å². The molecular weight excluding hydrogens is 288 g/mol.